The summed E-state index contributed by atoms with van der Waals surface area (Å²) in [6.45, 7) is 3.83. The Morgan fingerprint density at radius 3 is 2.00 bits per heavy atom. The fourth-order valence-corrected chi connectivity index (χ4v) is 2.17. The summed E-state index contributed by atoms with van der Waals surface area (Å²) in [5, 5.41) is 0. The van der Waals surface area contributed by atoms with Crippen molar-refractivity contribution in [1.82, 2.24) is 0 Å². The molecule has 0 saturated heterocycles. The van der Waals surface area contributed by atoms with E-state index in [1.807, 2.05) is 0 Å². The van der Waals surface area contributed by atoms with Crippen molar-refractivity contribution >= 4 is 21.8 Å². The summed E-state index contributed by atoms with van der Waals surface area (Å²) in [5.74, 6) is -0.965. The molecule has 0 rings (SSSR count). The van der Waals surface area contributed by atoms with E-state index in [2.05, 4.69) is 0 Å². The lowest BCUT2D eigenvalue weighted by atomic mass is 10.2. The monoisotopic (exact) mass is 292 g/mol. The zero-order valence-corrected chi connectivity index (χ0v) is 12.3. The van der Waals surface area contributed by atoms with E-state index < -0.39 is 21.8 Å². The lowest BCUT2D eigenvalue weighted by Gasteiger charge is -2.06. The van der Waals surface area contributed by atoms with Gasteiger partial charge in [0.15, 0.2) is 9.84 Å². The highest BCUT2D eigenvalue weighted by molar-refractivity contribution is 7.94. The lowest BCUT2D eigenvalue weighted by molar-refractivity contribution is -0.143. The van der Waals surface area contributed by atoms with Crippen LogP contribution in [0.3, 0.4) is 0 Å². The van der Waals surface area contributed by atoms with Crippen LogP contribution in [-0.4, -0.2) is 39.8 Å². The fraction of sp³-hybridized carbons (Fsp3) is 0.667. The zero-order valence-electron chi connectivity index (χ0n) is 11.5. The quantitative estimate of drug-likeness (QED) is 0.625. The molecule has 0 aliphatic heterocycles. The summed E-state index contributed by atoms with van der Waals surface area (Å²) in [6, 6.07) is 0. The molecule has 0 heterocycles. The van der Waals surface area contributed by atoms with Gasteiger partial charge in [0.1, 0.15) is 0 Å². The summed E-state index contributed by atoms with van der Waals surface area (Å²) in [7, 11) is -3.44. The Bertz CT molecular complexity index is 435. The number of carbonyl (C=O) groups excluding carboxylic acids is 2. The summed E-state index contributed by atoms with van der Waals surface area (Å²) in [4.78, 5) is 22.4. The van der Waals surface area contributed by atoms with Crippen LogP contribution in [0.4, 0.5) is 0 Å². The molecule has 0 aromatic carbocycles. The molecule has 0 spiro atoms. The van der Waals surface area contributed by atoms with Gasteiger partial charge in [0, 0.05) is 11.2 Å². The van der Waals surface area contributed by atoms with Crippen LogP contribution in [0, 0.1) is 0 Å². The van der Waals surface area contributed by atoms with E-state index in [-0.39, 0.29) is 37.4 Å². The van der Waals surface area contributed by atoms with Crippen molar-refractivity contribution in [3.05, 3.63) is 11.0 Å². The number of hydrogen-bond acceptors (Lipinski definition) is 6. The number of esters is 2. The molecule has 0 atom stereocenters. The third kappa shape index (κ3) is 8.36. The molecular weight excluding hydrogens is 272 g/mol. The minimum absolute atomic E-state index is 0.0249. The summed E-state index contributed by atoms with van der Waals surface area (Å²) in [5.41, 5.74) is 0. The van der Waals surface area contributed by atoms with Gasteiger partial charge in [-0.2, -0.15) is 0 Å². The Hall–Kier alpha value is -1.37. The van der Waals surface area contributed by atoms with E-state index in [0.29, 0.717) is 0 Å². The molecule has 7 heteroatoms. The van der Waals surface area contributed by atoms with Crippen molar-refractivity contribution in [2.45, 2.75) is 33.1 Å². The summed E-state index contributed by atoms with van der Waals surface area (Å²) in [6.07, 6.45) is 2.19. The third-order valence-electron chi connectivity index (χ3n) is 2.16. The van der Waals surface area contributed by atoms with Crippen LogP contribution in [-0.2, 0) is 28.9 Å². The van der Waals surface area contributed by atoms with Crippen molar-refractivity contribution in [2.24, 2.45) is 0 Å². The number of allylic oxidation sites excluding steroid dienone is 1. The van der Waals surface area contributed by atoms with Gasteiger partial charge < -0.3 is 9.47 Å². The molecule has 0 unspecified atom stereocenters. The summed E-state index contributed by atoms with van der Waals surface area (Å²) < 4.78 is 32.4. The molecule has 0 N–H and O–H groups in total. The molecule has 0 aromatic heterocycles. The van der Waals surface area contributed by atoms with Crippen LogP contribution < -0.4 is 0 Å². The molecule has 0 radical (unpaired) electrons. The van der Waals surface area contributed by atoms with Crippen LogP contribution in [0.1, 0.15) is 33.1 Å². The van der Waals surface area contributed by atoms with Gasteiger partial charge in [0.05, 0.1) is 26.1 Å². The highest BCUT2D eigenvalue weighted by Crippen LogP contribution is 2.14. The maximum atomic E-state index is 11.5. The van der Waals surface area contributed by atoms with E-state index in [1.54, 1.807) is 13.8 Å². The number of hydrogen-bond donors (Lipinski definition) is 0. The maximum absolute atomic E-state index is 11.5. The number of sulfone groups is 1. The van der Waals surface area contributed by atoms with Gasteiger partial charge in [-0.3, -0.25) is 9.59 Å². The second kappa shape index (κ2) is 8.68. The van der Waals surface area contributed by atoms with Crippen molar-refractivity contribution in [1.29, 1.82) is 0 Å². The Morgan fingerprint density at radius 2 is 1.53 bits per heavy atom. The van der Waals surface area contributed by atoms with Crippen molar-refractivity contribution in [2.75, 3.05) is 19.5 Å². The molecule has 0 saturated carbocycles. The zero-order chi connectivity index (χ0) is 14.9. The average molecular weight is 292 g/mol. The molecule has 0 bridgehead atoms. The van der Waals surface area contributed by atoms with Gasteiger partial charge in [0.25, 0.3) is 0 Å². The van der Waals surface area contributed by atoms with Gasteiger partial charge in [-0.05, 0) is 20.3 Å². The summed E-state index contributed by atoms with van der Waals surface area (Å²) >= 11 is 0. The first kappa shape index (κ1) is 17.6. The number of rotatable bonds is 8. The highest BCUT2D eigenvalue weighted by atomic mass is 32.2. The first-order valence-electron chi connectivity index (χ1n) is 6.01. The fourth-order valence-electron chi connectivity index (χ4n) is 1.31. The minimum Gasteiger partial charge on any atom is -0.466 e. The first-order valence-corrected chi connectivity index (χ1v) is 7.90. The molecular formula is C12H20O6S. The molecule has 0 aromatic rings. The lowest BCUT2D eigenvalue weighted by Crippen LogP contribution is -2.09. The van der Waals surface area contributed by atoms with Crippen molar-refractivity contribution in [3.63, 3.8) is 0 Å². The van der Waals surface area contributed by atoms with Gasteiger partial charge in [0.2, 0.25) is 0 Å². The van der Waals surface area contributed by atoms with Crippen LogP contribution in [0.15, 0.2) is 11.0 Å². The first-order chi connectivity index (χ1) is 8.81. The van der Waals surface area contributed by atoms with Crippen LogP contribution in [0.2, 0.25) is 0 Å². The normalized spacial score (nSPS) is 12.1. The largest absolute Gasteiger partial charge is 0.466 e. The van der Waals surface area contributed by atoms with Gasteiger partial charge in [-0.1, -0.05) is 6.08 Å². The molecule has 0 fully saturated rings. The van der Waals surface area contributed by atoms with E-state index in [1.165, 1.54) is 6.08 Å². The van der Waals surface area contributed by atoms with Gasteiger partial charge in [-0.15, -0.1) is 0 Å². The van der Waals surface area contributed by atoms with E-state index in [4.69, 9.17) is 9.47 Å². The Kier molecular flexibility index (Phi) is 8.06. The molecule has 0 aliphatic carbocycles. The van der Waals surface area contributed by atoms with Gasteiger partial charge in [-0.25, -0.2) is 8.42 Å². The average Bonchev–Trinajstić information content (AvgIpc) is 2.27. The Balaban J connectivity index is 4.61. The SMILES string of the molecule is CCOC(=O)CC=C(CCC(=O)OCC)S(C)(=O)=O. The second-order valence-corrected chi connectivity index (χ2v) is 5.83. The van der Waals surface area contributed by atoms with E-state index in [0.717, 1.165) is 6.26 Å². The topological polar surface area (TPSA) is 86.7 Å². The molecule has 0 aliphatic rings. The highest BCUT2D eigenvalue weighted by Gasteiger charge is 2.14. The van der Waals surface area contributed by atoms with Crippen LogP contribution >= 0.6 is 0 Å². The molecule has 6 nitrogen and oxygen atoms in total. The molecule has 19 heavy (non-hydrogen) atoms. The predicted molar refractivity (Wildman–Crippen MR) is 70.0 cm³/mol. The molecule has 110 valence electrons. The Morgan fingerprint density at radius 1 is 1.00 bits per heavy atom. The van der Waals surface area contributed by atoms with Crippen molar-refractivity contribution < 1.29 is 27.5 Å². The second-order valence-electron chi connectivity index (χ2n) is 3.76. The smallest absolute Gasteiger partial charge is 0.309 e. The van der Waals surface area contributed by atoms with Gasteiger partial charge >= 0.3 is 11.9 Å². The van der Waals surface area contributed by atoms with Crippen molar-refractivity contribution in [3.8, 4) is 0 Å². The third-order valence-corrected chi connectivity index (χ3v) is 3.48. The number of carbonyl (C=O) groups is 2. The number of ether oxygens (including phenoxy) is 2. The predicted octanol–water partition coefficient (Wildman–Crippen LogP) is 1.21. The Labute approximate surface area is 113 Å². The minimum atomic E-state index is -3.44. The molecule has 0 amide bonds. The van der Waals surface area contributed by atoms with Crippen LogP contribution in [0.5, 0.6) is 0 Å². The van der Waals surface area contributed by atoms with Crippen LogP contribution in [0.25, 0.3) is 0 Å². The maximum Gasteiger partial charge on any atom is 0.309 e. The van der Waals surface area contributed by atoms with E-state index in [9.17, 15) is 18.0 Å². The van der Waals surface area contributed by atoms with E-state index >= 15 is 0 Å². The standard InChI is InChI=1S/C12H20O6S/c1-4-17-11(13)8-6-10(19(3,15)16)7-9-12(14)18-5-2/h6H,4-5,7-9H2,1-3H3.